The lowest BCUT2D eigenvalue weighted by atomic mass is 9.63. The van der Waals surface area contributed by atoms with E-state index >= 15 is 0 Å². The maximum Gasteiger partial charge on any atom is 0.240 e. The molecule has 2 saturated carbocycles. The Morgan fingerprint density at radius 1 is 0.907 bits per heavy atom. The molecule has 6 rings (SSSR count). The second kappa shape index (κ2) is 14.3. The number of carbonyl (C=O) groups excluding carboxylic acids is 1. The van der Waals surface area contributed by atoms with E-state index in [9.17, 15) is 4.79 Å². The molecule has 3 aromatic rings. The highest BCUT2D eigenvalue weighted by atomic mass is 35.5. The predicted octanol–water partition coefficient (Wildman–Crippen LogP) is 6.74. The van der Waals surface area contributed by atoms with Gasteiger partial charge in [-0.1, -0.05) is 61.2 Å². The molecule has 2 aromatic carbocycles. The van der Waals surface area contributed by atoms with Crippen LogP contribution in [0.5, 0.6) is 0 Å². The molecule has 2 N–H and O–H groups in total. The van der Waals surface area contributed by atoms with Gasteiger partial charge >= 0.3 is 0 Å². The number of aromatic nitrogens is 3. The molecule has 1 aliphatic heterocycles. The molecule has 3 fully saturated rings. The van der Waals surface area contributed by atoms with Gasteiger partial charge in [-0.2, -0.15) is 5.10 Å². The molecule has 1 aromatic heterocycles. The Morgan fingerprint density at radius 2 is 1.60 bits per heavy atom. The maximum atomic E-state index is 14.3. The van der Waals surface area contributed by atoms with E-state index in [0.29, 0.717) is 24.4 Å². The molecule has 0 bridgehead atoms. The van der Waals surface area contributed by atoms with E-state index in [2.05, 4.69) is 68.1 Å². The first-order valence-corrected chi connectivity index (χ1v) is 16.9. The van der Waals surface area contributed by atoms with Gasteiger partial charge in [0.05, 0.1) is 6.04 Å². The van der Waals surface area contributed by atoms with Crippen LogP contribution in [-0.2, 0) is 17.8 Å². The molecule has 2 heterocycles. The fourth-order valence-corrected chi connectivity index (χ4v) is 8.10. The van der Waals surface area contributed by atoms with Crippen molar-refractivity contribution in [1.29, 1.82) is 0 Å². The molecule has 1 atom stereocenters. The number of rotatable bonds is 10. The summed E-state index contributed by atoms with van der Waals surface area (Å²) in [6.07, 6.45) is 17.2. The van der Waals surface area contributed by atoms with Crippen LogP contribution in [0.25, 0.3) is 0 Å². The van der Waals surface area contributed by atoms with Gasteiger partial charge in [-0.15, -0.1) is 0 Å². The summed E-state index contributed by atoms with van der Waals surface area (Å²) in [6, 6.07) is 19.1. The van der Waals surface area contributed by atoms with Gasteiger partial charge in [0, 0.05) is 42.4 Å². The van der Waals surface area contributed by atoms with Crippen molar-refractivity contribution in [3.63, 3.8) is 0 Å². The van der Waals surface area contributed by atoms with Crippen LogP contribution < -0.4 is 10.6 Å². The number of amides is 1. The zero-order valence-corrected chi connectivity index (χ0v) is 26.1. The molecule has 0 unspecified atom stereocenters. The Kier molecular flexibility index (Phi) is 9.99. The number of hydrogen-bond acceptors (Lipinski definition) is 5. The van der Waals surface area contributed by atoms with Crippen LogP contribution in [0.1, 0.15) is 76.2 Å². The summed E-state index contributed by atoms with van der Waals surface area (Å²) in [7, 11) is 0. The number of hydrogen-bond donors (Lipinski definition) is 2. The summed E-state index contributed by atoms with van der Waals surface area (Å²) < 4.78 is 2.03. The average molecular weight is 603 g/mol. The molecule has 230 valence electrons. The largest absolute Gasteiger partial charge is 0.382 e. The van der Waals surface area contributed by atoms with Gasteiger partial charge in [0.15, 0.2) is 0 Å². The highest BCUT2D eigenvalue weighted by Crippen LogP contribution is 2.47. The summed E-state index contributed by atoms with van der Waals surface area (Å²) >= 11 is 6.19. The highest BCUT2D eigenvalue weighted by Gasteiger charge is 2.44. The molecule has 1 saturated heterocycles. The predicted molar refractivity (Wildman–Crippen MR) is 173 cm³/mol. The van der Waals surface area contributed by atoms with E-state index in [1.54, 1.807) is 6.33 Å². The number of piperidine rings is 1. The number of carbonyl (C=O) groups is 1. The van der Waals surface area contributed by atoms with Crippen LogP contribution in [0.2, 0.25) is 5.02 Å². The van der Waals surface area contributed by atoms with Crippen molar-refractivity contribution in [1.82, 2.24) is 25.0 Å². The third-order valence-corrected chi connectivity index (χ3v) is 10.7. The second-order valence-corrected chi connectivity index (χ2v) is 13.7. The van der Waals surface area contributed by atoms with Crippen molar-refractivity contribution in [2.75, 3.05) is 18.4 Å². The zero-order chi connectivity index (χ0) is 29.5. The number of anilines is 1. The Labute approximate surface area is 261 Å². The minimum absolute atomic E-state index is 0.189. The van der Waals surface area contributed by atoms with Gasteiger partial charge in [-0.05, 0) is 98.9 Å². The topological polar surface area (TPSA) is 75.1 Å². The average Bonchev–Trinajstić information content (AvgIpc) is 3.56. The van der Waals surface area contributed by atoms with E-state index in [4.69, 9.17) is 11.6 Å². The van der Waals surface area contributed by atoms with E-state index < -0.39 is 0 Å². The Hall–Kier alpha value is -2.90. The molecule has 3 aliphatic rings. The molecule has 43 heavy (non-hydrogen) atoms. The Morgan fingerprint density at radius 3 is 2.28 bits per heavy atom. The number of likely N-dealkylation sites (tertiary alicyclic amines) is 1. The van der Waals surface area contributed by atoms with Crippen LogP contribution in [0.15, 0.2) is 67.3 Å². The van der Waals surface area contributed by atoms with Gasteiger partial charge in [-0.25, -0.2) is 4.98 Å². The van der Waals surface area contributed by atoms with Crippen molar-refractivity contribution < 1.29 is 4.79 Å². The smallest absolute Gasteiger partial charge is 0.240 e. The number of nitrogens with one attached hydrogen (secondary N) is 2. The number of benzene rings is 2. The first-order valence-electron chi connectivity index (χ1n) is 16.5. The van der Waals surface area contributed by atoms with Gasteiger partial charge in [0.25, 0.3) is 0 Å². The molecule has 0 spiro atoms. The first kappa shape index (κ1) is 30.1. The summed E-state index contributed by atoms with van der Waals surface area (Å²) in [6.45, 7) is 2.54. The van der Waals surface area contributed by atoms with E-state index in [0.717, 1.165) is 68.7 Å². The normalized spacial score (nSPS) is 23.5. The van der Waals surface area contributed by atoms with Crippen molar-refractivity contribution in [3.05, 3.63) is 77.8 Å². The summed E-state index contributed by atoms with van der Waals surface area (Å²) in [4.78, 5) is 20.6. The lowest BCUT2D eigenvalue weighted by Gasteiger charge is -2.48. The van der Waals surface area contributed by atoms with Gasteiger partial charge in [0.1, 0.15) is 12.7 Å². The van der Waals surface area contributed by atoms with Gasteiger partial charge < -0.3 is 15.5 Å². The van der Waals surface area contributed by atoms with Crippen molar-refractivity contribution in [2.24, 2.45) is 11.3 Å². The van der Waals surface area contributed by atoms with E-state index in [1.807, 2.05) is 23.1 Å². The monoisotopic (exact) mass is 602 g/mol. The van der Waals surface area contributed by atoms with Gasteiger partial charge in [-0.3, -0.25) is 9.48 Å². The highest BCUT2D eigenvalue weighted by molar-refractivity contribution is 6.30. The van der Waals surface area contributed by atoms with Crippen molar-refractivity contribution in [3.8, 4) is 0 Å². The SMILES string of the molecule is O=C([C@@H](Cc1ccc(Cl)cc1)N[C@H]1CC[C@@H](Nc2ccccc2)CC1)N1CCC(Cn2cncn2)(C2CCCCC2)CC1. The van der Waals surface area contributed by atoms with Crippen LogP contribution in [0.3, 0.4) is 0 Å². The Balaban J connectivity index is 1.11. The number of halogens is 1. The summed E-state index contributed by atoms with van der Waals surface area (Å²) in [5, 5.41) is 12.8. The van der Waals surface area contributed by atoms with E-state index in [1.165, 1.54) is 37.8 Å². The number of para-hydroxylation sites is 1. The second-order valence-electron chi connectivity index (χ2n) is 13.2. The fraction of sp³-hybridized carbons (Fsp3) is 0.571. The molecule has 2 aliphatic carbocycles. The minimum atomic E-state index is -0.234. The quantitative estimate of drug-likeness (QED) is 0.269. The third-order valence-electron chi connectivity index (χ3n) is 10.4. The minimum Gasteiger partial charge on any atom is -0.382 e. The van der Waals surface area contributed by atoms with Crippen LogP contribution in [0.4, 0.5) is 5.69 Å². The standard InChI is InChI=1S/C35H47ClN6O/c36-29-13-11-27(12-14-29)23-33(40-32-17-15-31(16-18-32)39-30-9-5-2-6-10-30)34(43)41-21-19-35(20-22-41,24-42-26-37-25-38-42)28-7-3-1-4-8-28/h2,5-6,9-14,25-26,28,31-33,39-40H,1,3-4,7-8,15-24H2/t31-,32+,33-/m1/s1. The molecule has 0 radical (unpaired) electrons. The molecule has 8 heteroatoms. The maximum absolute atomic E-state index is 14.3. The summed E-state index contributed by atoms with van der Waals surface area (Å²) in [5.74, 6) is 0.947. The van der Waals surface area contributed by atoms with Gasteiger partial charge in [0.2, 0.25) is 5.91 Å². The third kappa shape index (κ3) is 7.79. The Bertz CT molecular complexity index is 1260. The summed E-state index contributed by atoms with van der Waals surface area (Å²) in [5.41, 5.74) is 2.52. The van der Waals surface area contributed by atoms with Crippen LogP contribution >= 0.6 is 11.6 Å². The van der Waals surface area contributed by atoms with E-state index in [-0.39, 0.29) is 17.4 Å². The molecular formula is C35H47ClN6O. The van der Waals surface area contributed by atoms with Crippen LogP contribution in [-0.4, -0.2) is 56.8 Å². The first-order chi connectivity index (χ1) is 21.1. The van der Waals surface area contributed by atoms with Crippen molar-refractivity contribution >= 4 is 23.2 Å². The fourth-order valence-electron chi connectivity index (χ4n) is 7.97. The zero-order valence-electron chi connectivity index (χ0n) is 25.3. The molecule has 1 amide bonds. The van der Waals surface area contributed by atoms with Crippen molar-refractivity contribution in [2.45, 2.75) is 102 Å². The lowest BCUT2D eigenvalue weighted by molar-refractivity contribution is -0.137. The van der Waals surface area contributed by atoms with Crippen LogP contribution in [0, 0.1) is 11.3 Å². The molecular weight excluding hydrogens is 556 g/mol. The molecule has 7 nitrogen and oxygen atoms in total. The number of nitrogens with zero attached hydrogens (tertiary/aromatic N) is 4. The lowest BCUT2D eigenvalue weighted by Crippen LogP contribution is -2.55.